The molecule has 0 bridgehead atoms. The smallest absolute Gasteiger partial charge is 0.341 e. The van der Waals surface area contributed by atoms with Gasteiger partial charge in [0.25, 0.3) is 5.91 Å². The first-order valence-corrected chi connectivity index (χ1v) is 15.1. The number of fused-ring (bicyclic) bond motifs is 1. The highest BCUT2D eigenvalue weighted by Crippen LogP contribution is 2.39. The number of hydrogen-bond donors (Lipinski definition) is 1. The number of thioether (sulfide) groups is 1. The number of ether oxygens (including phenoxy) is 1. The van der Waals surface area contributed by atoms with E-state index in [0.29, 0.717) is 26.5 Å². The highest BCUT2D eigenvalue weighted by atomic mass is 32.2. The van der Waals surface area contributed by atoms with Gasteiger partial charge in [0, 0.05) is 36.0 Å². The zero-order chi connectivity index (χ0) is 27.7. The average molecular weight is 576 g/mol. The second-order valence-corrected chi connectivity index (χ2v) is 12.9. The van der Waals surface area contributed by atoms with Crippen LogP contribution in [0.15, 0.2) is 10.5 Å². The fraction of sp³-hybridized carbons (Fsp3) is 0.500. The lowest BCUT2D eigenvalue weighted by atomic mass is 9.88. The first kappa shape index (κ1) is 28.3. The monoisotopic (exact) mass is 575 g/mol. The molecule has 0 saturated heterocycles. The van der Waals surface area contributed by atoms with Crippen molar-refractivity contribution in [1.82, 2.24) is 19.7 Å². The highest BCUT2D eigenvalue weighted by molar-refractivity contribution is 7.99. The number of nitrogens with one attached hydrogen (secondary N) is 1. The summed E-state index contributed by atoms with van der Waals surface area (Å²) < 4.78 is 7.00. The molecule has 0 saturated carbocycles. The van der Waals surface area contributed by atoms with Gasteiger partial charge in [-0.15, -0.1) is 32.9 Å². The third kappa shape index (κ3) is 5.52. The van der Waals surface area contributed by atoms with Crippen molar-refractivity contribution < 1.29 is 19.1 Å². The number of methoxy groups -OCH3 is 1. The number of hydrogen-bond acceptors (Lipinski definition) is 9. The Morgan fingerprint density at radius 2 is 2.03 bits per heavy atom. The lowest BCUT2D eigenvalue weighted by molar-refractivity contribution is -0.113. The summed E-state index contributed by atoms with van der Waals surface area (Å²) in [5.74, 6) is 0.451. The zero-order valence-electron chi connectivity index (χ0n) is 22.7. The van der Waals surface area contributed by atoms with Crippen molar-refractivity contribution in [3.63, 3.8) is 0 Å². The third-order valence-electron chi connectivity index (χ3n) is 6.55. The molecule has 3 heterocycles. The third-order valence-corrected chi connectivity index (χ3v) is 9.74. The summed E-state index contributed by atoms with van der Waals surface area (Å²) >= 11 is 4.17. The first-order chi connectivity index (χ1) is 18.0. The Hall–Kier alpha value is -2.70. The Kier molecular flexibility index (Phi) is 8.63. The molecule has 1 aliphatic carbocycles. The van der Waals surface area contributed by atoms with Gasteiger partial charge in [-0.05, 0) is 57.1 Å². The Balaban J connectivity index is 1.54. The molecule has 0 aromatic carbocycles. The fourth-order valence-corrected chi connectivity index (χ4v) is 7.88. The minimum absolute atomic E-state index is 0.0681. The van der Waals surface area contributed by atoms with Crippen LogP contribution in [-0.4, -0.2) is 64.4 Å². The highest BCUT2D eigenvalue weighted by Gasteiger charge is 2.28. The molecule has 1 N–H and O–H groups in total. The number of carbonyl (C=O) groups excluding carboxylic acids is 3. The SMILES string of the molecule is COC(=O)c1c(NC(=O)CSc2nnc(-c3csc4c3CCC(C)C4)n2C(C)C)sc(C(=O)N(C)C)c1C. The Bertz CT molecular complexity index is 1370. The van der Waals surface area contributed by atoms with Crippen LogP contribution in [0.3, 0.4) is 0 Å². The van der Waals surface area contributed by atoms with Gasteiger partial charge in [0.05, 0.1) is 23.3 Å². The van der Waals surface area contributed by atoms with Crippen LogP contribution in [0.5, 0.6) is 0 Å². The Labute approximate surface area is 235 Å². The van der Waals surface area contributed by atoms with Crippen LogP contribution in [-0.2, 0) is 22.4 Å². The molecule has 3 aromatic rings. The van der Waals surface area contributed by atoms with Gasteiger partial charge in [-0.25, -0.2) is 4.79 Å². The number of aromatic nitrogens is 3. The van der Waals surface area contributed by atoms with Crippen molar-refractivity contribution in [1.29, 1.82) is 0 Å². The van der Waals surface area contributed by atoms with Gasteiger partial charge in [0.1, 0.15) is 5.00 Å². The molecule has 1 atom stereocenters. The van der Waals surface area contributed by atoms with Crippen LogP contribution >= 0.6 is 34.4 Å². The van der Waals surface area contributed by atoms with Gasteiger partial charge in [-0.1, -0.05) is 18.7 Å². The van der Waals surface area contributed by atoms with Crippen LogP contribution in [0, 0.1) is 12.8 Å². The zero-order valence-corrected chi connectivity index (χ0v) is 25.2. The Morgan fingerprint density at radius 1 is 1.29 bits per heavy atom. The van der Waals surface area contributed by atoms with Gasteiger partial charge in [0.2, 0.25) is 5.91 Å². The van der Waals surface area contributed by atoms with Crippen LogP contribution in [0.2, 0.25) is 0 Å². The first-order valence-electron chi connectivity index (χ1n) is 12.4. The molecule has 1 aliphatic rings. The van der Waals surface area contributed by atoms with Crippen molar-refractivity contribution in [2.24, 2.45) is 5.92 Å². The van der Waals surface area contributed by atoms with E-state index in [9.17, 15) is 14.4 Å². The van der Waals surface area contributed by atoms with Crippen molar-refractivity contribution in [2.45, 2.75) is 58.2 Å². The van der Waals surface area contributed by atoms with E-state index in [-0.39, 0.29) is 29.2 Å². The van der Waals surface area contributed by atoms with Crippen molar-refractivity contribution in [3.05, 3.63) is 31.8 Å². The minimum Gasteiger partial charge on any atom is -0.465 e. The van der Waals surface area contributed by atoms with E-state index in [4.69, 9.17) is 4.74 Å². The maximum atomic E-state index is 13.0. The normalized spacial score (nSPS) is 14.9. The van der Waals surface area contributed by atoms with E-state index in [1.165, 1.54) is 40.6 Å². The molecule has 0 aliphatic heterocycles. The van der Waals surface area contributed by atoms with E-state index in [0.717, 1.165) is 35.6 Å². The molecular formula is C26H33N5O4S3. The van der Waals surface area contributed by atoms with Gasteiger partial charge in [-0.3, -0.25) is 14.2 Å². The lowest BCUT2D eigenvalue weighted by Crippen LogP contribution is -2.21. The van der Waals surface area contributed by atoms with Gasteiger partial charge >= 0.3 is 5.97 Å². The van der Waals surface area contributed by atoms with Gasteiger partial charge < -0.3 is 15.0 Å². The maximum Gasteiger partial charge on any atom is 0.341 e. The molecule has 0 radical (unpaired) electrons. The number of amides is 2. The molecule has 1 unspecified atom stereocenters. The van der Waals surface area contributed by atoms with Crippen molar-refractivity contribution >= 4 is 57.2 Å². The standard InChI is InChI=1S/C26H33N5O4S3/c1-13(2)31-22(17-11-36-18-10-14(3)8-9-16(17)18)28-29-26(31)37-12-19(32)27-23-20(25(34)35-7)15(4)21(38-23)24(33)30(5)6/h11,13-14H,8-10,12H2,1-7H3,(H,27,32). The second-order valence-electron chi connectivity index (χ2n) is 9.96. The van der Waals surface area contributed by atoms with E-state index >= 15 is 0 Å². The number of thiophene rings is 2. The fourth-order valence-electron chi connectivity index (χ4n) is 4.54. The average Bonchev–Trinajstić information content (AvgIpc) is 3.56. The summed E-state index contributed by atoms with van der Waals surface area (Å²) in [5, 5.41) is 14.9. The predicted molar refractivity (Wildman–Crippen MR) is 153 cm³/mol. The molecule has 204 valence electrons. The Morgan fingerprint density at radius 3 is 2.68 bits per heavy atom. The van der Waals surface area contributed by atoms with Crippen molar-refractivity contribution in [2.75, 3.05) is 32.3 Å². The topological polar surface area (TPSA) is 106 Å². The number of esters is 1. The number of carbonyl (C=O) groups is 3. The van der Waals surface area contributed by atoms with Crippen LogP contribution in [0.1, 0.15) is 69.3 Å². The summed E-state index contributed by atoms with van der Waals surface area (Å²) in [4.78, 5) is 41.3. The molecule has 12 heteroatoms. The second kappa shape index (κ2) is 11.6. The number of rotatable bonds is 8. The number of anilines is 1. The summed E-state index contributed by atoms with van der Waals surface area (Å²) in [5.41, 5.74) is 3.21. The number of nitrogens with zero attached hydrogens (tertiary/aromatic N) is 4. The van der Waals surface area contributed by atoms with Gasteiger partial charge in [0.15, 0.2) is 11.0 Å². The maximum absolute atomic E-state index is 13.0. The molecule has 3 aromatic heterocycles. The minimum atomic E-state index is -0.600. The van der Waals surface area contributed by atoms with Crippen LogP contribution in [0.25, 0.3) is 11.4 Å². The summed E-state index contributed by atoms with van der Waals surface area (Å²) in [6.07, 6.45) is 3.33. The quantitative estimate of drug-likeness (QED) is 0.287. The lowest BCUT2D eigenvalue weighted by Gasteiger charge is -2.19. The van der Waals surface area contributed by atoms with E-state index in [1.807, 2.05) is 0 Å². The largest absolute Gasteiger partial charge is 0.465 e. The molecule has 9 nitrogen and oxygen atoms in total. The van der Waals surface area contributed by atoms with E-state index < -0.39 is 5.97 Å². The summed E-state index contributed by atoms with van der Waals surface area (Å²) in [7, 11) is 4.55. The van der Waals surface area contributed by atoms with Crippen LogP contribution in [0.4, 0.5) is 5.00 Å². The van der Waals surface area contributed by atoms with Crippen molar-refractivity contribution in [3.8, 4) is 11.4 Å². The van der Waals surface area contributed by atoms with Gasteiger partial charge in [-0.2, -0.15) is 0 Å². The summed E-state index contributed by atoms with van der Waals surface area (Å²) in [6.45, 7) is 8.14. The predicted octanol–water partition coefficient (Wildman–Crippen LogP) is 5.30. The molecular weight excluding hydrogens is 543 g/mol. The molecule has 0 fully saturated rings. The molecule has 2 amide bonds. The molecule has 38 heavy (non-hydrogen) atoms. The van der Waals surface area contributed by atoms with E-state index in [1.54, 1.807) is 32.4 Å². The molecule has 4 rings (SSSR count). The van der Waals surface area contributed by atoms with Crippen LogP contribution < -0.4 is 5.32 Å². The summed E-state index contributed by atoms with van der Waals surface area (Å²) in [6, 6.07) is 0.106. The van der Waals surface area contributed by atoms with E-state index in [2.05, 4.69) is 46.2 Å². The molecule has 0 spiro atoms.